The fourth-order valence-electron chi connectivity index (χ4n) is 2.63. The van der Waals surface area contributed by atoms with Gasteiger partial charge in [-0.1, -0.05) is 29.8 Å². The van der Waals surface area contributed by atoms with Crippen LogP contribution < -0.4 is 20.6 Å². The molecule has 1 N–H and O–H groups in total. The molecule has 1 aromatic heterocycles. The Balaban J connectivity index is 1.66. The monoisotopic (exact) mass is 430 g/mol. The highest BCUT2D eigenvalue weighted by atomic mass is 35.5. The van der Waals surface area contributed by atoms with Gasteiger partial charge in [-0.25, -0.2) is 9.48 Å². The van der Waals surface area contributed by atoms with E-state index in [1.54, 1.807) is 0 Å². The van der Waals surface area contributed by atoms with Crippen LogP contribution in [0.5, 0.6) is 11.6 Å². The lowest BCUT2D eigenvalue weighted by molar-refractivity contribution is 0.248. The maximum Gasteiger partial charge on any atom is 0.347 e. The third kappa shape index (κ3) is 3.68. The second-order valence-corrected chi connectivity index (χ2v) is 7.12. The highest BCUT2D eigenvalue weighted by Crippen LogP contribution is 2.40. The molecule has 0 atom stereocenters. The normalized spacial score (nSPS) is 16.2. The van der Waals surface area contributed by atoms with Crippen LogP contribution in [0.3, 0.4) is 0 Å². The topological polar surface area (TPSA) is 113 Å². The van der Waals surface area contributed by atoms with E-state index in [0.29, 0.717) is 0 Å². The lowest BCUT2D eigenvalue weighted by Gasteiger charge is -2.24. The first-order chi connectivity index (χ1) is 13.9. The SMILES string of the molecule is C=C1NC(=O)N(c2cc(Cl)c(Oc3ccc(=O)n(C4CC4)n3)c(Cl)c2)N=C1C#N. The minimum Gasteiger partial charge on any atom is -0.434 e. The maximum absolute atomic E-state index is 12.2. The minimum absolute atomic E-state index is 0.0521. The van der Waals surface area contributed by atoms with E-state index in [0.717, 1.165) is 17.9 Å². The number of halogens is 2. The largest absolute Gasteiger partial charge is 0.434 e. The van der Waals surface area contributed by atoms with E-state index >= 15 is 0 Å². The average molecular weight is 431 g/mol. The molecule has 9 nitrogen and oxygen atoms in total. The first-order valence-electron chi connectivity index (χ1n) is 8.43. The van der Waals surface area contributed by atoms with E-state index in [9.17, 15) is 9.59 Å². The summed E-state index contributed by atoms with van der Waals surface area (Å²) in [5.74, 6) is 0.266. The van der Waals surface area contributed by atoms with Crippen molar-refractivity contribution in [3.8, 4) is 17.7 Å². The van der Waals surface area contributed by atoms with Crippen molar-refractivity contribution in [2.75, 3.05) is 5.01 Å². The number of nitrogens with one attached hydrogen (secondary N) is 1. The molecular weight excluding hydrogens is 419 g/mol. The lowest BCUT2D eigenvalue weighted by Crippen LogP contribution is -2.42. The fourth-order valence-corrected chi connectivity index (χ4v) is 3.18. The number of carbonyl (C=O) groups is 1. The van der Waals surface area contributed by atoms with Gasteiger partial charge >= 0.3 is 6.03 Å². The Hall–Kier alpha value is -3.35. The predicted molar refractivity (Wildman–Crippen MR) is 107 cm³/mol. The third-order valence-electron chi connectivity index (χ3n) is 4.17. The number of anilines is 1. The summed E-state index contributed by atoms with van der Waals surface area (Å²) in [6, 6.07) is 6.91. The van der Waals surface area contributed by atoms with Gasteiger partial charge in [0, 0.05) is 12.1 Å². The van der Waals surface area contributed by atoms with Crippen LogP contribution in [0.1, 0.15) is 18.9 Å². The smallest absolute Gasteiger partial charge is 0.347 e. The molecule has 2 aromatic rings. The Kier molecular flexibility index (Phi) is 4.74. The molecule has 2 amide bonds. The standard InChI is InChI=1S/C18H12Cl2N6O3/c1-9-14(8-21)23-26(18(28)22-9)11-6-12(19)17(13(20)7-11)29-15-4-5-16(27)25(24-15)10-2-3-10/h4-7,10H,1-3H2,(H,22,28). The van der Waals surface area contributed by atoms with E-state index < -0.39 is 6.03 Å². The Morgan fingerprint density at radius 2 is 1.93 bits per heavy atom. The van der Waals surface area contributed by atoms with Crippen LogP contribution in [0, 0.1) is 11.3 Å². The van der Waals surface area contributed by atoms with Crippen molar-refractivity contribution >= 4 is 40.6 Å². The molecule has 1 fully saturated rings. The van der Waals surface area contributed by atoms with E-state index in [2.05, 4.69) is 22.1 Å². The molecule has 1 aromatic carbocycles. The van der Waals surface area contributed by atoms with Crippen LogP contribution in [-0.4, -0.2) is 21.5 Å². The molecule has 29 heavy (non-hydrogen) atoms. The Labute approximate surface area is 174 Å². The molecule has 2 aliphatic rings. The number of hydrogen-bond acceptors (Lipinski definition) is 6. The van der Waals surface area contributed by atoms with Gasteiger partial charge in [-0.15, -0.1) is 5.10 Å². The van der Waals surface area contributed by atoms with E-state index in [4.69, 9.17) is 33.2 Å². The second kappa shape index (κ2) is 7.24. The Bertz CT molecular complexity index is 1160. The molecule has 0 unspecified atom stereocenters. The van der Waals surface area contributed by atoms with Crippen LogP contribution in [0.4, 0.5) is 10.5 Å². The summed E-state index contributed by atoms with van der Waals surface area (Å²) >= 11 is 12.6. The van der Waals surface area contributed by atoms with Crippen LogP contribution in [0.15, 0.2) is 46.4 Å². The quantitative estimate of drug-likeness (QED) is 0.795. The van der Waals surface area contributed by atoms with Crippen molar-refractivity contribution < 1.29 is 9.53 Å². The van der Waals surface area contributed by atoms with Crippen molar-refractivity contribution in [2.24, 2.45) is 5.10 Å². The highest BCUT2D eigenvalue weighted by Gasteiger charge is 2.27. The number of nitrogens with zero attached hydrogens (tertiary/aromatic N) is 5. The number of nitriles is 1. The van der Waals surface area contributed by atoms with Gasteiger partial charge in [0.2, 0.25) is 5.88 Å². The first-order valence-corrected chi connectivity index (χ1v) is 9.19. The van der Waals surface area contributed by atoms with E-state index in [1.165, 1.54) is 28.9 Å². The van der Waals surface area contributed by atoms with Crippen LogP contribution in [0.25, 0.3) is 0 Å². The molecule has 146 valence electrons. The van der Waals surface area contributed by atoms with Crippen molar-refractivity contribution in [1.82, 2.24) is 15.1 Å². The molecule has 1 aliphatic carbocycles. The maximum atomic E-state index is 12.2. The number of amides is 2. The zero-order chi connectivity index (χ0) is 20.7. The summed E-state index contributed by atoms with van der Waals surface area (Å²) in [5, 5.41) is 20.8. The molecular formula is C18H12Cl2N6O3. The molecule has 0 saturated heterocycles. The van der Waals surface area contributed by atoms with Gasteiger partial charge in [-0.3, -0.25) is 4.79 Å². The zero-order valence-corrected chi connectivity index (χ0v) is 16.2. The summed E-state index contributed by atoms with van der Waals surface area (Å²) in [6.45, 7) is 3.56. The summed E-state index contributed by atoms with van der Waals surface area (Å²) in [5.41, 5.74) is 0.0590. The molecule has 4 rings (SSSR count). The summed E-state index contributed by atoms with van der Waals surface area (Å²) < 4.78 is 7.06. The van der Waals surface area contributed by atoms with Gasteiger partial charge in [-0.05, 0) is 25.0 Å². The van der Waals surface area contributed by atoms with Crippen molar-refractivity contribution in [1.29, 1.82) is 5.26 Å². The molecule has 1 aliphatic heterocycles. The van der Waals surface area contributed by atoms with Crippen LogP contribution in [0.2, 0.25) is 10.0 Å². The van der Waals surface area contributed by atoms with Gasteiger partial charge in [0.15, 0.2) is 11.5 Å². The Morgan fingerprint density at radius 1 is 1.24 bits per heavy atom. The van der Waals surface area contributed by atoms with Gasteiger partial charge in [0.25, 0.3) is 5.56 Å². The van der Waals surface area contributed by atoms with Crippen LogP contribution in [-0.2, 0) is 0 Å². The fraction of sp³-hybridized carbons (Fsp3) is 0.167. The number of rotatable bonds is 4. The van der Waals surface area contributed by atoms with Crippen molar-refractivity contribution in [3.05, 3.63) is 56.9 Å². The van der Waals surface area contributed by atoms with Crippen LogP contribution >= 0.6 is 23.2 Å². The number of ether oxygens (including phenoxy) is 1. The third-order valence-corrected chi connectivity index (χ3v) is 4.73. The number of benzene rings is 1. The van der Waals surface area contributed by atoms with Gasteiger partial charge in [0.1, 0.15) is 6.07 Å². The number of aromatic nitrogens is 2. The number of urea groups is 1. The number of hydrazone groups is 1. The molecule has 2 heterocycles. The molecule has 11 heteroatoms. The van der Waals surface area contributed by atoms with E-state index in [-0.39, 0.29) is 50.4 Å². The summed E-state index contributed by atoms with van der Waals surface area (Å²) in [6.07, 6.45) is 1.78. The summed E-state index contributed by atoms with van der Waals surface area (Å²) in [7, 11) is 0. The predicted octanol–water partition coefficient (Wildman–Crippen LogP) is 3.60. The van der Waals surface area contributed by atoms with Gasteiger partial charge in [0.05, 0.1) is 27.5 Å². The van der Waals surface area contributed by atoms with Crippen molar-refractivity contribution in [2.45, 2.75) is 18.9 Å². The minimum atomic E-state index is -0.618. The lowest BCUT2D eigenvalue weighted by atomic mass is 10.2. The van der Waals surface area contributed by atoms with Crippen molar-refractivity contribution in [3.63, 3.8) is 0 Å². The molecule has 1 saturated carbocycles. The van der Waals surface area contributed by atoms with E-state index in [1.807, 2.05) is 6.07 Å². The second-order valence-electron chi connectivity index (χ2n) is 6.31. The molecule has 0 spiro atoms. The summed E-state index contributed by atoms with van der Waals surface area (Å²) in [4.78, 5) is 24.1. The zero-order valence-electron chi connectivity index (χ0n) is 14.7. The molecule has 0 radical (unpaired) electrons. The first kappa shape index (κ1) is 19.0. The number of carbonyl (C=O) groups excluding carboxylic acids is 1. The highest BCUT2D eigenvalue weighted by molar-refractivity contribution is 6.37. The number of hydrogen-bond donors (Lipinski definition) is 1. The average Bonchev–Trinajstić information content (AvgIpc) is 3.51. The Morgan fingerprint density at radius 3 is 2.55 bits per heavy atom. The van der Waals surface area contributed by atoms with Gasteiger partial charge in [-0.2, -0.15) is 15.4 Å². The van der Waals surface area contributed by atoms with Gasteiger partial charge < -0.3 is 10.1 Å². The molecule has 0 bridgehead atoms. The number of allylic oxidation sites excluding steroid dienone is 1.